The van der Waals surface area contributed by atoms with Gasteiger partial charge in [-0.1, -0.05) is 35.4 Å². The van der Waals surface area contributed by atoms with Gasteiger partial charge >= 0.3 is 0 Å². The maximum atomic E-state index is 12.5. The molecule has 0 aliphatic rings. The van der Waals surface area contributed by atoms with Crippen LogP contribution in [0.15, 0.2) is 63.4 Å². The largest absolute Gasteiger partial charge is 0.372 e. The third-order valence-electron chi connectivity index (χ3n) is 4.48. The molecule has 0 N–H and O–H groups in total. The zero-order valence-electron chi connectivity index (χ0n) is 16.7. The molecule has 0 saturated heterocycles. The first-order valence-corrected chi connectivity index (χ1v) is 10.6. The van der Waals surface area contributed by atoms with Crippen molar-refractivity contribution in [2.75, 3.05) is 18.0 Å². The van der Waals surface area contributed by atoms with E-state index in [9.17, 15) is 8.42 Å². The molecule has 27 heavy (non-hydrogen) atoms. The van der Waals surface area contributed by atoms with Gasteiger partial charge in [0.05, 0.1) is 4.90 Å². The molecule has 5 heteroatoms. The number of aryl methyl sites for hydroxylation is 1. The summed E-state index contributed by atoms with van der Waals surface area (Å²) in [5, 5.41) is 0. The van der Waals surface area contributed by atoms with Crippen molar-refractivity contribution in [2.45, 2.75) is 39.5 Å². The van der Waals surface area contributed by atoms with Crippen molar-refractivity contribution in [3.05, 3.63) is 65.2 Å². The van der Waals surface area contributed by atoms with E-state index in [-0.39, 0.29) is 4.90 Å². The molecule has 0 bridgehead atoms. The molecule has 0 amide bonds. The maximum Gasteiger partial charge on any atom is 0.282 e. The van der Waals surface area contributed by atoms with Crippen molar-refractivity contribution in [3.63, 3.8) is 0 Å². The second-order valence-corrected chi connectivity index (χ2v) is 8.29. The van der Waals surface area contributed by atoms with Crippen molar-refractivity contribution in [2.24, 2.45) is 4.40 Å². The van der Waals surface area contributed by atoms with Crippen LogP contribution in [0.1, 0.15) is 38.8 Å². The fraction of sp³-hybridized carbons (Fsp3) is 0.318. The molecule has 2 aromatic carbocycles. The molecule has 0 aliphatic carbocycles. The Morgan fingerprint density at radius 1 is 0.963 bits per heavy atom. The van der Waals surface area contributed by atoms with Gasteiger partial charge in [-0.3, -0.25) is 0 Å². The molecule has 0 aliphatic heterocycles. The van der Waals surface area contributed by atoms with Crippen molar-refractivity contribution >= 4 is 27.5 Å². The Kier molecular flexibility index (Phi) is 6.97. The van der Waals surface area contributed by atoms with E-state index in [2.05, 4.69) is 35.3 Å². The van der Waals surface area contributed by atoms with Crippen molar-refractivity contribution < 1.29 is 8.42 Å². The molecule has 2 rings (SSSR count). The van der Waals surface area contributed by atoms with Crippen LogP contribution in [-0.4, -0.2) is 27.7 Å². The summed E-state index contributed by atoms with van der Waals surface area (Å²) in [5.74, 6) is 0. The van der Waals surface area contributed by atoms with Gasteiger partial charge in [0, 0.05) is 25.0 Å². The topological polar surface area (TPSA) is 49.7 Å². The van der Waals surface area contributed by atoms with Crippen LogP contribution in [0.25, 0.3) is 5.57 Å². The molecule has 0 fully saturated rings. The molecular weight excluding hydrogens is 356 g/mol. The van der Waals surface area contributed by atoms with Crippen LogP contribution in [0.4, 0.5) is 5.69 Å². The second-order valence-electron chi connectivity index (χ2n) is 6.66. The van der Waals surface area contributed by atoms with Crippen molar-refractivity contribution in [1.82, 2.24) is 0 Å². The number of benzene rings is 2. The summed E-state index contributed by atoms with van der Waals surface area (Å²) in [5.41, 5.74) is 4.94. The Morgan fingerprint density at radius 3 is 2.00 bits per heavy atom. The Labute approximate surface area is 163 Å². The summed E-state index contributed by atoms with van der Waals surface area (Å²) >= 11 is 0. The molecule has 2 aromatic rings. The Balaban J connectivity index is 2.32. The second kappa shape index (κ2) is 9.00. The highest BCUT2D eigenvalue weighted by Crippen LogP contribution is 2.22. The summed E-state index contributed by atoms with van der Waals surface area (Å²) < 4.78 is 28.9. The lowest BCUT2D eigenvalue weighted by Gasteiger charge is -2.21. The number of rotatable bonds is 7. The lowest BCUT2D eigenvalue weighted by atomic mass is 10.0. The van der Waals surface area contributed by atoms with Gasteiger partial charge in [0.25, 0.3) is 10.0 Å². The van der Waals surface area contributed by atoms with E-state index < -0.39 is 10.0 Å². The minimum Gasteiger partial charge on any atom is -0.372 e. The highest BCUT2D eigenvalue weighted by atomic mass is 32.2. The first-order valence-electron chi connectivity index (χ1n) is 9.18. The summed E-state index contributed by atoms with van der Waals surface area (Å²) in [7, 11) is -3.72. The standard InChI is InChI=1S/C22H28N2O2S/c1-6-24(7-2)20-12-10-19(11-13-20)22(17(3)4)16-23-27(25,26)21-14-8-18(5)9-15-21/h8-16H,6-7H2,1-5H3/b23-16+. The van der Waals surface area contributed by atoms with Gasteiger partial charge in [-0.15, -0.1) is 0 Å². The highest BCUT2D eigenvalue weighted by Gasteiger charge is 2.12. The van der Waals surface area contributed by atoms with E-state index in [1.807, 2.05) is 32.9 Å². The predicted octanol–water partition coefficient (Wildman–Crippen LogP) is 5.09. The third-order valence-corrected chi connectivity index (χ3v) is 5.74. The minimum absolute atomic E-state index is 0.203. The average Bonchev–Trinajstić information content (AvgIpc) is 2.64. The predicted molar refractivity (Wildman–Crippen MR) is 115 cm³/mol. The third kappa shape index (κ3) is 5.30. The molecule has 0 heterocycles. The summed E-state index contributed by atoms with van der Waals surface area (Å²) in [6, 6.07) is 14.9. The van der Waals surface area contributed by atoms with E-state index in [0.29, 0.717) is 0 Å². The Morgan fingerprint density at radius 2 is 1.52 bits per heavy atom. The fourth-order valence-corrected chi connectivity index (χ4v) is 3.67. The summed E-state index contributed by atoms with van der Waals surface area (Å²) in [4.78, 5) is 2.47. The van der Waals surface area contributed by atoms with Gasteiger partial charge in [-0.25, -0.2) is 0 Å². The van der Waals surface area contributed by atoms with Crippen LogP contribution in [0.5, 0.6) is 0 Å². The average molecular weight is 385 g/mol. The fourth-order valence-electron chi connectivity index (χ4n) is 2.83. The monoisotopic (exact) mass is 384 g/mol. The van der Waals surface area contributed by atoms with Crippen LogP contribution >= 0.6 is 0 Å². The van der Waals surface area contributed by atoms with E-state index >= 15 is 0 Å². The molecule has 4 nitrogen and oxygen atoms in total. The van der Waals surface area contributed by atoms with Gasteiger partial charge in [0.2, 0.25) is 0 Å². The Bertz CT molecular complexity index is 917. The van der Waals surface area contributed by atoms with Gasteiger partial charge < -0.3 is 4.90 Å². The van der Waals surface area contributed by atoms with Gasteiger partial charge in [0.1, 0.15) is 0 Å². The summed E-state index contributed by atoms with van der Waals surface area (Å²) in [6.45, 7) is 12.0. The lowest BCUT2D eigenvalue weighted by molar-refractivity contribution is 0.598. The molecule has 0 saturated carbocycles. The number of allylic oxidation sites excluding steroid dienone is 2. The van der Waals surface area contributed by atoms with Gasteiger partial charge in [0.15, 0.2) is 0 Å². The molecule has 0 aromatic heterocycles. The Hall–Kier alpha value is -2.40. The molecule has 0 atom stereocenters. The SMILES string of the molecule is CCN(CC)c1ccc(C(/C=N/S(=O)(=O)c2ccc(C)cc2)=C(C)C)cc1. The first kappa shape index (κ1) is 20.9. The molecule has 0 spiro atoms. The van der Waals surface area contributed by atoms with Crippen LogP contribution in [0.3, 0.4) is 0 Å². The van der Waals surface area contributed by atoms with E-state index in [4.69, 9.17) is 0 Å². The van der Waals surface area contributed by atoms with Crippen molar-refractivity contribution in [1.29, 1.82) is 0 Å². The minimum atomic E-state index is -3.72. The lowest BCUT2D eigenvalue weighted by Crippen LogP contribution is -2.21. The zero-order valence-corrected chi connectivity index (χ0v) is 17.5. The van der Waals surface area contributed by atoms with Crippen LogP contribution < -0.4 is 4.90 Å². The molecule has 144 valence electrons. The van der Waals surface area contributed by atoms with Gasteiger partial charge in [-0.2, -0.15) is 12.8 Å². The van der Waals surface area contributed by atoms with Crippen molar-refractivity contribution in [3.8, 4) is 0 Å². The van der Waals surface area contributed by atoms with Gasteiger partial charge in [-0.05, 0) is 70.0 Å². The quantitative estimate of drug-likeness (QED) is 0.625. The number of hydrogen-bond donors (Lipinski definition) is 0. The first-order chi connectivity index (χ1) is 12.8. The van der Waals surface area contributed by atoms with E-state index in [1.54, 1.807) is 24.3 Å². The number of hydrogen-bond acceptors (Lipinski definition) is 3. The number of nitrogens with zero attached hydrogens (tertiary/aromatic N) is 2. The normalized spacial score (nSPS) is 11.6. The summed E-state index contributed by atoms with van der Waals surface area (Å²) in [6.07, 6.45) is 1.46. The van der Waals surface area contributed by atoms with Crippen LogP contribution in [0, 0.1) is 6.92 Å². The number of anilines is 1. The zero-order chi connectivity index (χ0) is 20.0. The highest BCUT2D eigenvalue weighted by molar-refractivity contribution is 7.90. The number of sulfonamides is 1. The van der Waals surface area contributed by atoms with E-state index in [1.165, 1.54) is 6.21 Å². The molecule has 0 unspecified atom stereocenters. The smallest absolute Gasteiger partial charge is 0.282 e. The molecule has 0 radical (unpaired) electrons. The van der Waals surface area contributed by atoms with Crippen LogP contribution in [0.2, 0.25) is 0 Å². The molecular formula is C22H28N2O2S. The maximum absolute atomic E-state index is 12.5. The van der Waals surface area contributed by atoms with E-state index in [0.717, 1.165) is 41.1 Å². The van der Waals surface area contributed by atoms with Crippen LogP contribution in [-0.2, 0) is 10.0 Å².